The van der Waals surface area contributed by atoms with Crippen LogP contribution in [-0.2, 0) is 4.79 Å². The Hall–Kier alpha value is -4.43. The minimum absolute atomic E-state index is 0.161. The van der Waals surface area contributed by atoms with Gasteiger partial charge >= 0.3 is 0 Å². The van der Waals surface area contributed by atoms with Crippen LogP contribution in [0.3, 0.4) is 0 Å². The highest BCUT2D eigenvalue weighted by Crippen LogP contribution is 2.48. The number of carbonyl (C=O) groups is 1. The molecule has 0 saturated heterocycles. The number of hydrogen-bond donors (Lipinski definition) is 0. The van der Waals surface area contributed by atoms with E-state index in [0.29, 0.717) is 12.2 Å². The normalized spacial score (nSPS) is 19.1. The summed E-state index contributed by atoms with van der Waals surface area (Å²) in [7, 11) is 0. The van der Waals surface area contributed by atoms with Crippen LogP contribution in [0.15, 0.2) is 114 Å². The van der Waals surface area contributed by atoms with E-state index in [4.69, 9.17) is 4.42 Å². The van der Waals surface area contributed by atoms with Gasteiger partial charge in [0.2, 0.25) is 0 Å². The molecule has 0 fully saturated rings. The van der Waals surface area contributed by atoms with Crippen LogP contribution in [0.5, 0.6) is 0 Å². The lowest BCUT2D eigenvalue weighted by Crippen LogP contribution is -2.26. The molecular weight excluding hydrogens is 440 g/mol. The van der Waals surface area contributed by atoms with E-state index in [1.165, 1.54) is 32.7 Å². The largest absolute Gasteiger partial charge is 0.455 e. The van der Waals surface area contributed by atoms with E-state index in [2.05, 4.69) is 97.1 Å². The highest BCUT2D eigenvalue weighted by Gasteiger charge is 2.34. The summed E-state index contributed by atoms with van der Waals surface area (Å²) in [6.07, 6.45) is 7.24. The molecule has 36 heavy (non-hydrogen) atoms. The van der Waals surface area contributed by atoms with E-state index in [1.807, 2.05) is 12.1 Å². The smallest absolute Gasteiger partial charge is 0.145 e. The van der Waals surface area contributed by atoms with Gasteiger partial charge in [-0.1, -0.05) is 103 Å². The fourth-order valence-corrected chi connectivity index (χ4v) is 6.43. The van der Waals surface area contributed by atoms with Gasteiger partial charge in [0.25, 0.3) is 0 Å². The Balaban J connectivity index is 1.52. The number of fused-ring (bicyclic) bond motifs is 6. The first-order valence-electron chi connectivity index (χ1n) is 12.5. The van der Waals surface area contributed by atoms with E-state index in [1.54, 1.807) is 0 Å². The van der Waals surface area contributed by atoms with Crippen LogP contribution in [-0.4, -0.2) is 5.78 Å². The predicted molar refractivity (Wildman–Crippen MR) is 148 cm³/mol. The second-order valence-corrected chi connectivity index (χ2v) is 9.94. The van der Waals surface area contributed by atoms with E-state index in [0.717, 1.165) is 33.1 Å². The van der Waals surface area contributed by atoms with Crippen molar-refractivity contribution in [1.82, 2.24) is 0 Å². The molecule has 170 valence electrons. The average molecular weight is 463 g/mol. The Bertz CT molecular complexity index is 1890. The van der Waals surface area contributed by atoms with E-state index < -0.39 is 0 Å². The summed E-state index contributed by atoms with van der Waals surface area (Å²) in [6, 6.07) is 31.9. The van der Waals surface area contributed by atoms with Crippen LogP contribution in [0, 0.1) is 11.8 Å². The quantitative estimate of drug-likeness (QED) is 0.190. The van der Waals surface area contributed by atoms with Crippen molar-refractivity contribution >= 4 is 54.8 Å². The lowest BCUT2D eigenvalue weighted by molar-refractivity contribution is -0.121. The van der Waals surface area contributed by atoms with Crippen molar-refractivity contribution in [2.24, 2.45) is 11.8 Å². The molecular formula is C34H22O2. The summed E-state index contributed by atoms with van der Waals surface area (Å²) < 4.78 is 6.47. The summed E-state index contributed by atoms with van der Waals surface area (Å²) >= 11 is 0. The molecule has 2 bridgehead atoms. The van der Waals surface area contributed by atoms with Gasteiger partial charge in [0.15, 0.2) is 0 Å². The number of benzene rings is 5. The molecule has 0 radical (unpaired) electrons. The number of ketones is 1. The molecule has 1 heterocycles. The zero-order chi connectivity index (χ0) is 23.8. The van der Waals surface area contributed by atoms with Crippen LogP contribution in [0.2, 0.25) is 0 Å². The van der Waals surface area contributed by atoms with Gasteiger partial charge in [-0.25, -0.2) is 0 Å². The Morgan fingerprint density at radius 3 is 1.89 bits per heavy atom. The topological polar surface area (TPSA) is 30.2 Å². The maximum Gasteiger partial charge on any atom is 0.145 e. The molecule has 0 aliphatic heterocycles. The third kappa shape index (κ3) is 2.64. The number of hydrogen-bond acceptors (Lipinski definition) is 2. The molecule has 2 nitrogen and oxygen atoms in total. The molecule has 0 spiro atoms. The molecule has 9 rings (SSSR count). The fraction of sp³-hybridized carbons (Fsp3) is 0.0882. The molecule has 2 unspecified atom stereocenters. The van der Waals surface area contributed by atoms with E-state index in [-0.39, 0.29) is 11.8 Å². The van der Waals surface area contributed by atoms with Crippen molar-refractivity contribution < 1.29 is 9.21 Å². The van der Waals surface area contributed by atoms with Crippen molar-refractivity contribution in [2.75, 3.05) is 0 Å². The van der Waals surface area contributed by atoms with Crippen molar-refractivity contribution in [3.8, 4) is 11.1 Å². The summed E-state index contributed by atoms with van der Waals surface area (Å²) in [5.41, 5.74) is 6.43. The molecule has 0 saturated carbocycles. The van der Waals surface area contributed by atoms with Crippen molar-refractivity contribution in [3.05, 3.63) is 115 Å². The third-order valence-electron chi connectivity index (χ3n) is 7.96. The maximum absolute atomic E-state index is 12.9. The van der Waals surface area contributed by atoms with Crippen LogP contribution >= 0.6 is 0 Å². The van der Waals surface area contributed by atoms with Gasteiger partial charge in [-0.3, -0.25) is 4.79 Å². The van der Waals surface area contributed by atoms with Crippen molar-refractivity contribution in [1.29, 1.82) is 0 Å². The maximum atomic E-state index is 12.9. The zero-order valence-corrected chi connectivity index (χ0v) is 19.6. The first-order chi connectivity index (χ1) is 17.8. The standard InChI is InChI=1S/C34H22O2/c35-30-19-20-16-17-21(30)29(18-20)33-25-11-3-1-9-23(25)32(24-10-2-4-12-26(24)33)28-14-7-13-27-22-8-5-6-15-31(22)36-34(27)28/h1-18,20-21H,19H2. The molecule has 3 aliphatic carbocycles. The number of allylic oxidation sites excluding steroid dienone is 4. The van der Waals surface area contributed by atoms with Gasteiger partial charge in [-0.2, -0.15) is 0 Å². The van der Waals surface area contributed by atoms with Gasteiger partial charge in [-0.15, -0.1) is 0 Å². The minimum atomic E-state index is -0.161. The summed E-state index contributed by atoms with van der Waals surface area (Å²) in [4.78, 5) is 12.9. The number of para-hydroxylation sites is 2. The first-order valence-corrected chi connectivity index (χ1v) is 12.5. The summed E-state index contributed by atoms with van der Waals surface area (Å²) in [5, 5.41) is 6.98. The van der Waals surface area contributed by atoms with E-state index >= 15 is 0 Å². The predicted octanol–water partition coefficient (Wildman–Crippen LogP) is 8.72. The second-order valence-electron chi connectivity index (χ2n) is 9.94. The SMILES string of the molecule is O=C1CC2C=CC1C(c1c3ccccc3c(-c3cccc4c3oc3ccccc34)c3ccccc13)=C2. The Kier molecular flexibility index (Phi) is 4.01. The average Bonchev–Trinajstić information content (AvgIpc) is 3.31. The Morgan fingerprint density at radius 2 is 1.22 bits per heavy atom. The van der Waals surface area contributed by atoms with Crippen LogP contribution in [0.1, 0.15) is 12.0 Å². The molecule has 3 aliphatic rings. The number of carbonyl (C=O) groups excluding carboxylic acids is 1. The number of furan rings is 1. The monoisotopic (exact) mass is 462 g/mol. The summed E-state index contributed by atoms with van der Waals surface area (Å²) in [5.74, 6) is 0.356. The van der Waals surface area contributed by atoms with Crippen molar-refractivity contribution in [2.45, 2.75) is 6.42 Å². The Labute approximate surface area is 208 Å². The highest BCUT2D eigenvalue weighted by molar-refractivity contribution is 6.23. The lowest BCUT2D eigenvalue weighted by atomic mass is 9.71. The van der Waals surface area contributed by atoms with Gasteiger partial charge in [0.05, 0.1) is 5.92 Å². The second kappa shape index (κ2) is 7.29. The molecule has 2 atom stereocenters. The van der Waals surface area contributed by atoms with Crippen LogP contribution < -0.4 is 0 Å². The molecule has 5 aromatic carbocycles. The molecule has 0 N–H and O–H groups in total. The van der Waals surface area contributed by atoms with Gasteiger partial charge in [-0.05, 0) is 38.7 Å². The van der Waals surface area contributed by atoms with Crippen molar-refractivity contribution in [3.63, 3.8) is 0 Å². The Morgan fingerprint density at radius 1 is 0.611 bits per heavy atom. The molecule has 1 aromatic heterocycles. The summed E-state index contributed by atoms with van der Waals surface area (Å²) in [6.45, 7) is 0. The minimum Gasteiger partial charge on any atom is -0.455 e. The first kappa shape index (κ1) is 19.8. The van der Waals surface area contributed by atoms with Gasteiger partial charge in [0, 0.05) is 34.2 Å². The highest BCUT2D eigenvalue weighted by atomic mass is 16.3. The van der Waals surface area contributed by atoms with E-state index in [9.17, 15) is 4.79 Å². The van der Waals surface area contributed by atoms with Gasteiger partial charge < -0.3 is 4.42 Å². The zero-order valence-electron chi connectivity index (χ0n) is 19.6. The number of rotatable bonds is 2. The van der Waals surface area contributed by atoms with Crippen LogP contribution in [0.25, 0.3) is 60.2 Å². The lowest BCUT2D eigenvalue weighted by Gasteiger charge is -2.31. The molecule has 2 heteroatoms. The fourth-order valence-electron chi connectivity index (χ4n) is 6.43. The van der Waals surface area contributed by atoms with Crippen LogP contribution in [0.4, 0.5) is 0 Å². The third-order valence-corrected chi connectivity index (χ3v) is 7.96. The molecule has 0 amide bonds. The van der Waals surface area contributed by atoms with Gasteiger partial charge in [0.1, 0.15) is 16.9 Å². The molecule has 6 aromatic rings. The number of Topliss-reactive ketones (excluding diaryl/α,β-unsaturated/α-hetero) is 1.